The van der Waals surface area contributed by atoms with Crippen LogP contribution in [0.5, 0.6) is 0 Å². The van der Waals surface area contributed by atoms with Crippen LogP contribution >= 0.6 is 0 Å². The van der Waals surface area contributed by atoms with Crippen LogP contribution < -0.4 is 4.90 Å². The Kier molecular flexibility index (Phi) is 4.93. The molecule has 1 aromatic rings. The Bertz CT molecular complexity index is 394. The normalized spacial score (nSPS) is 16.9. The Morgan fingerprint density at radius 3 is 2.26 bits per heavy atom. The van der Waals surface area contributed by atoms with E-state index in [4.69, 9.17) is 0 Å². The molecule has 2 rings (SSSR count). The number of anilines is 1. The third-order valence-electron chi connectivity index (χ3n) is 3.63. The number of rotatable bonds is 5. The van der Waals surface area contributed by atoms with Crippen LogP contribution in [0.2, 0.25) is 0 Å². The van der Waals surface area contributed by atoms with Crippen LogP contribution in [0.1, 0.15) is 10.4 Å². The number of benzene rings is 1. The number of likely N-dealkylation sites (N-methyl/N-ethyl adjacent to an activating group) is 1. The molecule has 0 amide bonds. The van der Waals surface area contributed by atoms with E-state index in [1.165, 1.54) is 5.69 Å². The minimum atomic E-state index is 0.744. The molecule has 0 bridgehead atoms. The van der Waals surface area contributed by atoms with Crippen molar-refractivity contribution in [3.05, 3.63) is 29.8 Å². The van der Waals surface area contributed by atoms with E-state index in [2.05, 4.69) is 28.8 Å². The summed E-state index contributed by atoms with van der Waals surface area (Å²) in [6, 6.07) is 7.86. The minimum absolute atomic E-state index is 0.744. The topological polar surface area (TPSA) is 26.8 Å². The quantitative estimate of drug-likeness (QED) is 0.744. The van der Waals surface area contributed by atoms with Gasteiger partial charge in [0.05, 0.1) is 0 Å². The molecule has 0 saturated carbocycles. The highest BCUT2D eigenvalue weighted by atomic mass is 16.1. The van der Waals surface area contributed by atoms with E-state index in [1.807, 2.05) is 24.3 Å². The molecule has 0 spiro atoms. The van der Waals surface area contributed by atoms with Gasteiger partial charge in [0.25, 0.3) is 0 Å². The highest BCUT2D eigenvalue weighted by molar-refractivity contribution is 5.75. The van der Waals surface area contributed by atoms with Crippen molar-refractivity contribution < 1.29 is 4.79 Å². The first-order valence-electron chi connectivity index (χ1n) is 6.86. The van der Waals surface area contributed by atoms with Gasteiger partial charge in [-0.1, -0.05) is 0 Å². The van der Waals surface area contributed by atoms with E-state index in [0.717, 1.165) is 51.1 Å². The van der Waals surface area contributed by atoms with Crippen LogP contribution in [0, 0.1) is 0 Å². The molecule has 0 unspecified atom stereocenters. The summed E-state index contributed by atoms with van der Waals surface area (Å²) in [6.07, 6.45) is 0.892. The predicted octanol–water partition coefficient (Wildman–Crippen LogP) is 1.18. The average Bonchev–Trinajstić information content (AvgIpc) is 2.46. The molecule has 0 atom stereocenters. The maximum absolute atomic E-state index is 10.6. The third-order valence-corrected chi connectivity index (χ3v) is 3.63. The van der Waals surface area contributed by atoms with Crippen molar-refractivity contribution in [1.82, 2.24) is 9.80 Å². The van der Waals surface area contributed by atoms with Gasteiger partial charge in [-0.2, -0.15) is 0 Å². The Hall–Kier alpha value is -1.39. The predicted molar refractivity (Wildman–Crippen MR) is 79.0 cm³/mol. The monoisotopic (exact) mass is 261 g/mol. The van der Waals surface area contributed by atoms with E-state index in [1.54, 1.807) is 0 Å². The molecule has 1 heterocycles. The van der Waals surface area contributed by atoms with Crippen LogP contribution in [0.4, 0.5) is 5.69 Å². The van der Waals surface area contributed by atoms with Crippen molar-refractivity contribution in [3.63, 3.8) is 0 Å². The fourth-order valence-electron chi connectivity index (χ4n) is 2.33. The van der Waals surface area contributed by atoms with Crippen molar-refractivity contribution in [2.24, 2.45) is 0 Å². The van der Waals surface area contributed by atoms with Gasteiger partial charge in [-0.15, -0.1) is 0 Å². The molecule has 0 aromatic heterocycles. The van der Waals surface area contributed by atoms with E-state index < -0.39 is 0 Å². The summed E-state index contributed by atoms with van der Waals surface area (Å²) < 4.78 is 0. The number of nitrogens with zero attached hydrogens (tertiary/aromatic N) is 3. The second kappa shape index (κ2) is 6.68. The average molecular weight is 261 g/mol. The number of aldehydes is 1. The zero-order chi connectivity index (χ0) is 13.7. The van der Waals surface area contributed by atoms with Gasteiger partial charge in [0.15, 0.2) is 0 Å². The van der Waals surface area contributed by atoms with Gasteiger partial charge in [-0.05, 0) is 38.4 Å². The summed E-state index contributed by atoms with van der Waals surface area (Å²) in [5, 5.41) is 0. The Morgan fingerprint density at radius 1 is 1.11 bits per heavy atom. The summed E-state index contributed by atoms with van der Waals surface area (Å²) in [4.78, 5) is 17.8. The lowest BCUT2D eigenvalue weighted by atomic mass is 10.2. The van der Waals surface area contributed by atoms with Crippen LogP contribution in [0.3, 0.4) is 0 Å². The molecular formula is C15H23N3O. The van der Waals surface area contributed by atoms with Crippen molar-refractivity contribution >= 4 is 12.0 Å². The fraction of sp³-hybridized carbons (Fsp3) is 0.533. The van der Waals surface area contributed by atoms with Gasteiger partial charge >= 0.3 is 0 Å². The molecule has 104 valence electrons. The lowest BCUT2D eigenvalue weighted by molar-refractivity contribution is 0.112. The number of hydrogen-bond donors (Lipinski definition) is 0. The summed E-state index contributed by atoms with van der Waals surface area (Å²) in [5.74, 6) is 0. The maximum Gasteiger partial charge on any atom is 0.150 e. The van der Waals surface area contributed by atoms with Crippen LogP contribution in [-0.2, 0) is 0 Å². The first kappa shape index (κ1) is 14.0. The van der Waals surface area contributed by atoms with Gasteiger partial charge in [-0.3, -0.25) is 9.69 Å². The molecule has 4 heteroatoms. The molecule has 1 fully saturated rings. The van der Waals surface area contributed by atoms with Crippen molar-refractivity contribution in [2.45, 2.75) is 0 Å². The Labute approximate surface area is 115 Å². The van der Waals surface area contributed by atoms with Gasteiger partial charge < -0.3 is 9.80 Å². The molecule has 1 aliphatic heterocycles. The van der Waals surface area contributed by atoms with E-state index in [9.17, 15) is 4.79 Å². The molecule has 4 nitrogen and oxygen atoms in total. The maximum atomic E-state index is 10.6. The molecule has 0 N–H and O–H groups in total. The Balaban J connectivity index is 1.83. The van der Waals surface area contributed by atoms with Crippen LogP contribution in [0.15, 0.2) is 24.3 Å². The van der Waals surface area contributed by atoms with E-state index >= 15 is 0 Å². The largest absolute Gasteiger partial charge is 0.369 e. The zero-order valence-corrected chi connectivity index (χ0v) is 11.9. The number of piperazine rings is 1. The molecule has 1 aromatic carbocycles. The number of hydrogen-bond acceptors (Lipinski definition) is 4. The smallest absolute Gasteiger partial charge is 0.150 e. The van der Waals surface area contributed by atoms with E-state index in [0.29, 0.717) is 0 Å². The first-order chi connectivity index (χ1) is 9.19. The lowest BCUT2D eigenvalue weighted by Crippen LogP contribution is -2.48. The Morgan fingerprint density at radius 2 is 1.74 bits per heavy atom. The van der Waals surface area contributed by atoms with Crippen molar-refractivity contribution in [1.29, 1.82) is 0 Å². The second-order valence-corrected chi connectivity index (χ2v) is 5.34. The van der Waals surface area contributed by atoms with Gasteiger partial charge in [0.2, 0.25) is 0 Å². The summed E-state index contributed by atoms with van der Waals surface area (Å²) in [6.45, 7) is 6.62. The number of carbonyl (C=O) groups excluding carboxylic acids is 1. The molecular weight excluding hydrogens is 238 g/mol. The molecule has 0 aliphatic carbocycles. The summed E-state index contributed by atoms with van der Waals surface area (Å²) in [7, 11) is 4.23. The molecule has 19 heavy (non-hydrogen) atoms. The highest BCUT2D eigenvalue weighted by Gasteiger charge is 2.16. The first-order valence-corrected chi connectivity index (χ1v) is 6.86. The fourth-order valence-corrected chi connectivity index (χ4v) is 2.33. The highest BCUT2D eigenvalue weighted by Crippen LogP contribution is 2.16. The van der Waals surface area contributed by atoms with Crippen molar-refractivity contribution in [3.8, 4) is 0 Å². The minimum Gasteiger partial charge on any atom is -0.369 e. The van der Waals surface area contributed by atoms with Crippen LogP contribution in [0.25, 0.3) is 0 Å². The summed E-state index contributed by atoms with van der Waals surface area (Å²) in [5.41, 5.74) is 1.96. The SMILES string of the molecule is CN(C)CCN1CCN(c2ccc(C=O)cc2)CC1. The zero-order valence-electron chi connectivity index (χ0n) is 11.9. The molecule has 1 saturated heterocycles. The molecule has 0 radical (unpaired) electrons. The third kappa shape index (κ3) is 4.04. The number of carbonyl (C=O) groups is 1. The van der Waals surface area contributed by atoms with Gasteiger partial charge in [0, 0.05) is 50.5 Å². The van der Waals surface area contributed by atoms with E-state index in [-0.39, 0.29) is 0 Å². The molecule has 1 aliphatic rings. The van der Waals surface area contributed by atoms with Gasteiger partial charge in [-0.25, -0.2) is 0 Å². The van der Waals surface area contributed by atoms with Crippen molar-refractivity contribution in [2.75, 3.05) is 58.3 Å². The summed E-state index contributed by atoms with van der Waals surface area (Å²) >= 11 is 0. The standard InChI is InChI=1S/C15H23N3O/c1-16(2)7-8-17-9-11-18(12-10-17)15-5-3-14(13-19)4-6-15/h3-6,13H,7-12H2,1-2H3. The van der Waals surface area contributed by atoms with Gasteiger partial charge in [0.1, 0.15) is 6.29 Å². The van der Waals surface area contributed by atoms with Crippen LogP contribution in [-0.4, -0.2) is 69.4 Å². The lowest BCUT2D eigenvalue weighted by Gasteiger charge is -2.36. The second-order valence-electron chi connectivity index (χ2n) is 5.34.